The molecule has 7 unspecified atom stereocenters. The number of rotatable bonds is 24. The van der Waals surface area contributed by atoms with Gasteiger partial charge in [0.1, 0.15) is 41.1 Å². The largest absolute Gasteiger partial charge is 0.444 e. The Morgan fingerprint density at radius 2 is 0.871 bits per heavy atom. The number of hydrogen-bond acceptors (Lipinski definition) is 20. The summed E-state index contributed by atoms with van der Waals surface area (Å²) >= 11 is 0. The zero-order chi connectivity index (χ0) is 87.8. The maximum absolute atomic E-state index is 14.2. The third kappa shape index (κ3) is 56.7. The first-order valence-corrected chi connectivity index (χ1v) is 44.8. The van der Waals surface area contributed by atoms with Crippen molar-refractivity contribution >= 4 is 12.2 Å². The van der Waals surface area contributed by atoms with Crippen LogP contribution in [0.15, 0.2) is 12.3 Å². The third-order valence-corrected chi connectivity index (χ3v) is 20.5. The van der Waals surface area contributed by atoms with Gasteiger partial charge in [-0.3, -0.25) is 4.90 Å². The number of nitrogens with one attached hydrogen (secondary N) is 3. The van der Waals surface area contributed by atoms with Gasteiger partial charge in [-0.05, 0) is 326 Å². The zero-order valence-corrected chi connectivity index (χ0v) is 77.8. The van der Waals surface area contributed by atoms with Gasteiger partial charge in [-0.25, -0.2) is 31.5 Å². The summed E-state index contributed by atoms with van der Waals surface area (Å²) < 4.78 is 124. The fourth-order valence-electron chi connectivity index (χ4n) is 13.8. The number of carbonyl (C=O) groups is 2. The number of aliphatic hydroxyl groups excluding tert-OH is 1. The number of halogens is 5. The van der Waals surface area contributed by atoms with E-state index in [0.29, 0.717) is 102 Å². The smallest absolute Gasteiger partial charge is 0.410 e. The van der Waals surface area contributed by atoms with E-state index >= 15 is 0 Å². The number of alkyl halides is 5. The van der Waals surface area contributed by atoms with E-state index < -0.39 is 47.2 Å². The summed E-state index contributed by atoms with van der Waals surface area (Å²) in [7, 11) is 2.19. The number of amides is 2. The lowest BCUT2D eigenvalue weighted by Gasteiger charge is -2.39. The van der Waals surface area contributed by atoms with Gasteiger partial charge in [0.05, 0.1) is 99.7 Å². The van der Waals surface area contributed by atoms with Crippen molar-refractivity contribution in [2.75, 3.05) is 158 Å². The molecule has 0 aromatic heterocycles. The molecule has 0 saturated carbocycles. The Balaban J connectivity index is 0.000000668. The number of nitrogens with two attached hydrogens (primary N) is 1. The van der Waals surface area contributed by atoms with Gasteiger partial charge < -0.3 is 93.8 Å². The van der Waals surface area contributed by atoms with Crippen LogP contribution in [0.2, 0.25) is 0 Å². The van der Waals surface area contributed by atoms with Crippen LogP contribution < -0.4 is 21.7 Å². The van der Waals surface area contributed by atoms with E-state index in [1.54, 1.807) is 4.90 Å². The van der Waals surface area contributed by atoms with Gasteiger partial charge in [0.2, 0.25) is 0 Å². The van der Waals surface area contributed by atoms with Crippen LogP contribution in [0.1, 0.15) is 268 Å². The van der Waals surface area contributed by atoms with E-state index in [9.17, 15) is 31.5 Å². The Morgan fingerprint density at radius 3 is 1.34 bits per heavy atom. The highest BCUT2D eigenvalue weighted by molar-refractivity contribution is 5.68. The van der Waals surface area contributed by atoms with Gasteiger partial charge in [-0.15, -0.1) is 0 Å². The molecule has 8 heterocycles. The highest BCUT2D eigenvalue weighted by atomic mass is 19.2. The van der Waals surface area contributed by atoms with Crippen molar-refractivity contribution in [3.8, 4) is 0 Å². The molecular weight excluding hydrogens is 1500 g/mol. The Hall–Kier alpha value is -2.87. The quantitative estimate of drug-likeness (QED) is 0.0566. The molecule has 27 heteroatoms. The minimum Gasteiger partial charge on any atom is -0.444 e. The molecule has 8 aliphatic heterocycles. The maximum atomic E-state index is 14.2. The van der Waals surface area contributed by atoms with E-state index in [1.165, 1.54) is 45.2 Å². The SMILES string of the molecule is C=C(N)CN1CCC(F)(COC(C)C)CC1.CC(C)OC1CCCNCC1.CC(C)OC1CCCNCC1F.CC(C)OC1CCN(C(=O)OC(C)(C)C)CCC1F.CC(C)OC1CCNCCC1F.CC(C)OCC1(C)CCN(C(=O)OC(C)(C)C)CC1.CC(C)OCC1(F)CCN(CCO)CC1.CC(C)OCC1CCN(C)CC1. The summed E-state index contributed by atoms with van der Waals surface area (Å²) in [6, 6.07) is 0. The van der Waals surface area contributed by atoms with Crippen LogP contribution in [0, 0.1) is 11.3 Å². The van der Waals surface area contributed by atoms with Crippen LogP contribution in [-0.2, 0) is 47.4 Å². The second-order valence-electron chi connectivity index (χ2n) is 37.7. The molecule has 2 amide bonds. The molecule has 0 aliphatic carbocycles. The molecule has 8 fully saturated rings. The van der Waals surface area contributed by atoms with Crippen molar-refractivity contribution in [1.82, 2.24) is 40.4 Å². The molecule has 6 N–H and O–H groups in total. The average molecular weight is 1680 g/mol. The van der Waals surface area contributed by atoms with Gasteiger partial charge in [0, 0.05) is 84.3 Å². The Bertz CT molecular complexity index is 2420. The average Bonchev–Trinajstić information content (AvgIpc) is 1.74. The van der Waals surface area contributed by atoms with Gasteiger partial charge in [0.15, 0.2) is 0 Å². The van der Waals surface area contributed by atoms with Gasteiger partial charge in [-0.1, -0.05) is 13.5 Å². The first kappa shape index (κ1) is 111. The van der Waals surface area contributed by atoms with Crippen LogP contribution >= 0.6 is 0 Å². The van der Waals surface area contributed by atoms with Gasteiger partial charge >= 0.3 is 12.2 Å². The maximum Gasteiger partial charge on any atom is 0.410 e. The van der Waals surface area contributed by atoms with Crippen molar-refractivity contribution in [3.05, 3.63) is 12.3 Å². The lowest BCUT2D eigenvalue weighted by molar-refractivity contribution is -0.0461. The van der Waals surface area contributed by atoms with Crippen LogP contribution in [0.5, 0.6) is 0 Å². The summed E-state index contributed by atoms with van der Waals surface area (Å²) in [6.45, 7) is 65.6. The highest BCUT2D eigenvalue weighted by Gasteiger charge is 2.39. The molecule has 0 aromatic carbocycles. The second kappa shape index (κ2) is 59.8. The number of β-amino-alcohol motifs (C(OH)–C–C–N with tert-alkyl or cyclic N) is 1. The number of likely N-dealkylation sites (tertiary alicyclic amines) is 5. The van der Waals surface area contributed by atoms with Crippen molar-refractivity contribution in [2.45, 2.75) is 383 Å². The number of piperidine rings is 4. The fourth-order valence-corrected chi connectivity index (χ4v) is 13.8. The molecule has 22 nitrogen and oxygen atoms in total. The van der Waals surface area contributed by atoms with E-state index in [2.05, 4.69) is 92.7 Å². The molecule has 0 aromatic rings. The molecule has 116 heavy (non-hydrogen) atoms. The van der Waals surface area contributed by atoms with Crippen LogP contribution in [0.3, 0.4) is 0 Å². The number of ether oxygens (including phenoxy) is 10. The van der Waals surface area contributed by atoms with Crippen molar-refractivity contribution in [2.24, 2.45) is 17.1 Å². The van der Waals surface area contributed by atoms with Gasteiger partial charge in [-0.2, -0.15) is 0 Å². The zero-order valence-electron chi connectivity index (χ0n) is 77.8. The van der Waals surface area contributed by atoms with E-state index in [-0.39, 0.29) is 86.3 Å². The van der Waals surface area contributed by atoms with Gasteiger partial charge in [0.25, 0.3) is 0 Å². The molecule has 8 rings (SSSR count). The number of nitrogens with zero attached hydrogens (tertiary/aromatic N) is 5. The fraction of sp³-hybridized carbons (Fsp3) is 0.955. The molecule has 690 valence electrons. The molecule has 0 radical (unpaired) electrons. The lowest BCUT2D eigenvalue weighted by Crippen LogP contribution is -2.45. The molecular formula is C89H176F5N9O13. The number of aliphatic hydroxyl groups is 1. The third-order valence-electron chi connectivity index (χ3n) is 20.5. The molecule has 7 atom stereocenters. The van der Waals surface area contributed by atoms with Crippen LogP contribution in [0.25, 0.3) is 0 Å². The predicted molar refractivity (Wildman–Crippen MR) is 462 cm³/mol. The van der Waals surface area contributed by atoms with Crippen molar-refractivity contribution in [1.29, 1.82) is 0 Å². The van der Waals surface area contributed by atoms with Crippen molar-refractivity contribution in [3.63, 3.8) is 0 Å². The van der Waals surface area contributed by atoms with Crippen LogP contribution in [-0.4, -0.2) is 314 Å². The summed E-state index contributed by atoms with van der Waals surface area (Å²) in [5.74, 6) is 0.809. The summed E-state index contributed by atoms with van der Waals surface area (Å²) in [5, 5.41) is 18.3. The summed E-state index contributed by atoms with van der Waals surface area (Å²) in [5.41, 5.74) is 3.11. The molecule has 8 saturated heterocycles. The molecule has 0 spiro atoms. The second-order valence-corrected chi connectivity index (χ2v) is 37.7. The number of hydrogen-bond donors (Lipinski definition) is 5. The first-order chi connectivity index (χ1) is 54.1. The molecule has 0 bridgehead atoms. The van der Waals surface area contributed by atoms with E-state index in [0.717, 1.165) is 123 Å². The lowest BCUT2D eigenvalue weighted by atomic mass is 9.81. The predicted octanol–water partition coefficient (Wildman–Crippen LogP) is 15.8. The summed E-state index contributed by atoms with van der Waals surface area (Å²) in [6.07, 6.45) is 12.3. The van der Waals surface area contributed by atoms with E-state index in [4.69, 9.17) is 58.2 Å². The normalized spacial score (nSPS) is 24.6. The van der Waals surface area contributed by atoms with Crippen LogP contribution in [0.4, 0.5) is 31.5 Å². The first-order valence-electron chi connectivity index (χ1n) is 44.8. The monoisotopic (exact) mass is 1670 g/mol. The Labute approximate surface area is 703 Å². The van der Waals surface area contributed by atoms with E-state index in [1.807, 2.05) is 116 Å². The number of carbonyl (C=O) groups excluding carboxylic acids is 2. The Kier molecular flexibility index (Phi) is 57.3. The Morgan fingerprint density at radius 1 is 0.466 bits per heavy atom. The highest BCUT2D eigenvalue weighted by Crippen LogP contribution is 2.33. The van der Waals surface area contributed by atoms with Crippen molar-refractivity contribution < 1.29 is 84.0 Å². The molecule has 8 aliphatic rings. The minimum absolute atomic E-state index is 0.00340. The minimum atomic E-state index is -1.16. The standard InChI is InChI=1S/C15H29NO3.C14H26FNO3.C12H23FN2O.C11H22FNO2.C10H21NO.2C9H18FNO.C9H19NO/c1-12(2)18-11-15(6)7-9-16(10-8-15)13(17)19-14(3,4)5;1-10(2)18-12-7-9-16(8-6-11(12)15)13(17)19-14(3,4)5;1-10(2)16-9-12(13)4-6-15(7-5-12)8-11(3)14;1-10(2)15-9-11(12)3-5-13(6-4-11)7-8-14;1-9(2)12-8-10-4-6-11(3)7-5-10;1-7(2)12-9-4-6-11-5-3-8(9)10;1-7(2)12-9-4-3-5-11-6-8(9)10;1-8(2)11-9-4-3-6-10-7-5-9/h12H,7-11H2,1-6H3;10-12H,6-9H2,1-5H3;10H,3-9,14H2,1-2H3;10,14H,3-9H2,1-2H3;9-10H,4-8H2,1-3H3;2*7-9,11H,3-6H2,1-2H3;8-10H,3-7H2,1-2H3. The summed E-state index contributed by atoms with van der Waals surface area (Å²) in [4.78, 5) is 33.9. The topological polar surface area (TPSA) is 225 Å².